The topological polar surface area (TPSA) is 34.1 Å². The number of rotatable bonds is 9. The molecule has 1 aromatic carbocycles. The van der Waals surface area contributed by atoms with Crippen LogP contribution in [0.1, 0.15) is 39.2 Å². The highest BCUT2D eigenvalue weighted by molar-refractivity contribution is 5.33. The van der Waals surface area contributed by atoms with Crippen LogP contribution >= 0.6 is 0 Å². The van der Waals surface area contributed by atoms with Crippen LogP contribution < -0.4 is 10.1 Å². The van der Waals surface area contributed by atoms with E-state index in [4.69, 9.17) is 4.74 Å². The lowest BCUT2D eigenvalue weighted by atomic mass is 9.83. The molecule has 0 saturated carbocycles. The number of hydrogen-bond donors (Lipinski definition) is 1. The standard InChI is InChI=1S/C20H27FN2O/c1-4-20(2,3)15-16-9-10-18(17(21)14-16)24-13-7-12-23-19-8-5-6-11-22-19/h5-6,8-11,14H,4,7,12-13,15H2,1-3H3,(H,22,23). The van der Waals surface area contributed by atoms with E-state index in [2.05, 4.69) is 31.1 Å². The molecule has 2 aromatic rings. The summed E-state index contributed by atoms with van der Waals surface area (Å²) in [6, 6.07) is 11.0. The lowest BCUT2D eigenvalue weighted by Gasteiger charge is -2.22. The molecule has 0 aliphatic rings. The van der Waals surface area contributed by atoms with E-state index in [1.54, 1.807) is 18.3 Å². The first-order chi connectivity index (χ1) is 11.5. The first kappa shape index (κ1) is 18.2. The van der Waals surface area contributed by atoms with Crippen LogP contribution in [0.3, 0.4) is 0 Å². The van der Waals surface area contributed by atoms with Gasteiger partial charge >= 0.3 is 0 Å². The maximum atomic E-state index is 14.2. The molecule has 0 saturated heterocycles. The summed E-state index contributed by atoms with van der Waals surface area (Å²) in [5.41, 5.74) is 1.20. The van der Waals surface area contributed by atoms with Gasteiger partial charge in [-0.1, -0.05) is 39.3 Å². The van der Waals surface area contributed by atoms with Gasteiger partial charge in [-0.05, 0) is 48.1 Å². The highest BCUT2D eigenvalue weighted by Crippen LogP contribution is 2.27. The third-order valence-corrected chi connectivity index (χ3v) is 4.19. The number of halogens is 1. The van der Waals surface area contributed by atoms with Crippen LogP contribution in [0.5, 0.6) is 5.75 Å². The fourth-order valence-electron chi connectivity index (χ4n) is 2.39. The van der Waals surface area contributed by atoms with E-state index in [0.29, 0.717) is 12.4 Å². The van der Waals surface area contributed by atoms with E-state index in [0.717, 1.165) is 37.2 Å². The maximum absolute atomic E-state index is 14.2. The average Bonchev–Trinajstić information content (AvgIpc) is 2.57. The van der Waals surface area contributed by atoms with E-state index in [9.17, 15) is 4.39 Å². The minimum atomic E-state index is -0.280. The van der Waals surface area contributed by atoms with Crippen LogP contribution in [0.2, 0.25) is 0 Å². The van der Waals surface area contributed by atoms with E-state index in [1.807, 2.05) is 24.3 Å². The van der Waals surface area contributed by atoms with Gasteiger partial charge in [-0.25, -0.2) is 9.37 Å². The molecule has 1 heterocycles. The number of nitrogens with one attached hydrogen (secondary N) is 1. The van der Waals surface area contributed by atoms with Gasteiger partial charge in [0.05, 0.1) is 6.61 Å². The highest BCUT2D eigenvalue weighted by atomic mass is 19.1. The quantitative estimate of drug-likeness (QED) is 0.651. The van der Waals surface area contributed by atoms with Gasteiger partial charge < -0.3 is 10.1 Å². The second-order valence-electron chi connectivity index (χ2n) is 6.80. The molecule has 0 radical (unpaired) electrons. The van der Waals surface area contributed by atoms with Crippen LogP contribution in [-0.4, -0.2) is 18.1 Å². The van der Waals surface area contributed by atoms with Crippen molar-refractivity contribution in [3.8, 4) is 5.75 Å². The van der Waals surface area contributed by atoms with Gasteiger partial charge in [0.1, 0.15) is 5.82 Å². The third-order valence-electron chi connectivity index (χ3n) is 4.19. The van der Waals surface area contributed by atoms with Gasteiger partial charge in [-0.15, -0.1) is 0 Å². The molecule has 0 atom stereocenters. The molecular formula is C20H27FN2O. The van der Waals surface area contributed by atoms with Crippen molar-refractivity contribution in [3.63, 3.8) is 0 Å². The number of pyridine rings is 1. The summed E-state index contributed by atoms with van der Waals surface area (Å²) in [6.45, 7) is 7.76. The molecule has 0 bridgehead atoms. The zero-order valence-electron chi connectivity index (χ0n) is 14.8. The molecule has 0 aliphatic carbocycles. The van der Waals surface area contributed by atoms with Crippen molar-refractivity contribution >= 4 is 5.82 Å². The second-order valence-corrected chi connectivity index (χ2v) is 6.80. The molecule has 3 nitrogen and oxygen atoms in total. The minimum Gasteiger partial charge on any atom is -0.490 e. The smallest absolute Gasteiger partial charge is 0.165 e. The van der Waals surface area contributed by atoms with Gasteiger partial charge in [0.2, 0.25) is 0 Å². The molecule has 0 spiro atoms. The molecule has 2 rings (SSSR count). The van der Waals surface area contributed by atoms with E-state index >= 15 is 0 Å². The van der Waals surface area contributed by atoms with Crippen LogP contribution in [0.25, 0.3) is 0 Å². The minimum absolute atomic E-state index is 0.186. The van der Waals surface area contributed by atoms with Gasteiger partial charge in [0, 0.05) is 12.7 Å². The van der Waals surface area contributed by atoms with Crippen LogP contribution in [-0.2, 0) is 6.42 Å². The van der Waals surface area contributed by atoms with Crippen LogP contribution in [0.4, 0.5) is 10.2 Å². The average molecular weight is 330 g/mol. The fraction of sp³-hybridized carbons (Fsp3) is 0.450. The SMILES string of the molecule is CCC(C)(C)Cc1ccc(OCCCNc2ccccn2)c(F)c1. The molecule has 0 amide bonds. The molecule has 0 unspecified atom stereocenters. The Kier molecular flexibility index (Phi) is 6.59. The van der Waals surface area contributed by atoms with Crippen molar-refractivity contribution in [2.24, 2.45) is 5.41 Å². The van der Waals surface area contributed by atoms with E-state index in [-0.39, 0.29) is 11.2 Å². The maximum Gasteiger partial charge on any atom is 0.165 e. The number of nitrogens with zero attached hydrogens (tertiary/aromatic N) is 1. The van der Waals surface area contributed by atoms with Crippen molar-refractivity contribution in [1.29, 1.82) is 0 Å². The Bertz CT molecular complexity index is 629. The lowest BCUT2D eigenvalue weighted by Crippen LogP contribution is -2.13. The predicted octanol–water partition coefficient (Wildman–Crippen LogP) is 5.08. The number of benzene rings is 1. The number of aromatic nitrogens is 1. The second kappa shape index (κ2) is 8.67. The van der Waals surface area contributed by atoms with Crippen molar-refractivity contribution in [1.82, 2.24) is 4.98 Å². The fourth-order valence-corrected chi connectivity index (χ4v) is 2.39. The molecule has 0 fully saturated rings. The number of anilines is 1. The van der Waals surface area contributed by atoms with Crippen molar-refractivity contribution in [2.75, 3.05) is 18.5 Å². The summed E-state index contributed by atoms with van der Waals surface area (Å²) in [7, 11) is 0. The Labute approximate surface area is 144 Å². The zero-order chi connectivity index (χ0) is 17.4. The Hall–Kier alpha value is -2.10. The first-order valence-electron chi connectivity index (χ1n) is 8.56. The Morgan fingerprint density at radius 2 is 2.04 bits per heavy atom. The van der Waals surface area contributed by atoms with E-state index < -0.39 is 0 Å². The number of hydrogen-bond acceptors (Lipinski definition) is 3. The van der Waals surface area contributed by atoms with Gasteiger partial charge in [0.25, 0.3) is 0 Å². The molecule has 1 N–H and O–H groups in total. The highest BCUT2D eigenvalue weighted by Gasteiger charge is 2.16. The molecule has 0 aliphatic heterocycles. The lowest BCUT2D eigenvalue weighted by molar-refractivity contribution is 0.298. The number of ether oxygens (including phenoxy) is 1. The Morgan fingerprint density at radius 1 is 1.21 bits per heavy atom. The first-order valence-corrected chi connectivity index (χ1v) is 8.56. The summed E-state index contributed by atoms with van der Waals surface area (Å²) in [5, 5.41) is 3.20. The van der Waals surface area contributed by atoms with Crippen LogP contribution in [0.15, 0.2) is 42.6 Å². The van der Waals surface area contributed by atoms with Crippen molar-refractivity contribution in [3.05, 3.63) is 54.0 Å². The monoisotopic (exact) mass is 330 g/mol. The van der Waals surface area contributed by atoms with Gasteiger partial charge in [-0.3, -0.25) is 0 Å². The van der Waals surface area contributed by atoms with Crippen molar-refractivity contribution < 1.29 is 9.13 Å². The summed E-state index contributed by atoms with van der Waals surface area (Å²) in [6.07, 6.45) is 4.46. The third kappa shape index (κ3) is 5.84. The molecule has 130 valence electrons. The Morgan fingerprint density at radius 3 is 2.71 bits per heavy atom. The largest absolute Gasteiger partial charge is 0.490 e. The summed E-state index contributed by atoms with van der Waals surface area (Å²) in [5.74, 6) is 0.884. The zero-order valence-corrected chi connectivity index (χ0v) is 14.8. The predicted molar refractivity (Wildman–Crippen MR) is 97.0 cm³/mol. The van der Waals surface area contributed by atoms with E-state index in [1.165, 1.54) is 0 Å². The van der Waals surface area contributed by atoms with Crippen molar-refractivity contribution in [2.45, 2.75) is 40.0 Å². The van der Waals surface area contributed by atoms with Crippen LogP contribution in [0, 0.1) is 11.2 Å². The van der Waals surface area contributed by atoms with Gasteiger partial charge in [0.15, 0.2) is 11.6 Å². The summed E-state index contributed by atoms with van der Waals surface area (Å²) < 4.78 is 19.7. The Balaban J connectivity index is 1.76. The molecule has 4 heteroatoms. The van der Waals surface area contributed by atoms with Gasteiger partial charge in [-0.2, -0.15) is 0 Å². The molecular weight excluding hydrogens is 303 g/mol. The molecule has 24 heavy (non-hydrogen) atoms. The normalized spacial score (nSPS) is 11.3. The summed E-state index contributed by atoms with van der Waals surface area (Å²) in [4.78, 5) is 4.18. The summed E-state index contributed by atoms with van der Waals surface area (Å²) >= 11 is 0. The molecule has 1 aromatic heterocycles.